The summed E-state index contributed by atoms with van der Waals surface area (Å²) in [5, 5.41) is 12.5. The van der Waals surface area contributed by atoms with Gasteiger partial charge in [-0.1, -0.05) is 39.8 Å². The molecule has 1 aromatic carbocycles. The van der Waals surface area contributed by atoms with E-state index >= 15 is 0 Å². The summed E-state index contributed by atoms with van der Waals surface area (Å²) in [6, 6.07) is 6.91. The van der Waals surface area contributed by atoms with Gasteiger partial charge in [0.05, 0.1) is 5.41 Å². The third-order valence-electron chi connectivity index (χ3n) is 5.66. The Morgan fingerprint density at radius 2 is 1.88 bits per heavy atom. The average Bonchev–Trinajstić information content (AvgIpc) is 2.53. The van der Waals surface area contributed by atoms with Crippen molar-refractivity contribution in [2.75, 3.05) is 19.6 Å². The number of phenolic OH excluding ortho intramolecular Hbond substituents is 1. The summed E-state index contributed by atoms with van der Waals surface area (Å²) in [4.78, 5) is 27.3. The number of rotatable bonds is 7. The van der Waals surface area contributed by atoms with Crippen molar-refractivity contribution >= 4 is 11.8 Å². The third kappa shape index (κ3) is 3.71. The highest BCUT2D eigenvalue weighted by Crippen LogP contribution is 2.50. The van der Waals surface area contributed by atoms with Gasteiger partial charge in [-0.2, -0.15) is 0 Å². The maximum absolute atomic E-state index is 13.0. The standard InChI is InChI=1S/C20H30N2O3/c1-5-22(6-2)12-8-11-20(15-9-7-10-16(23)13-15)18(25)21-17(24)14-19(20,3)4/h7,9-10,13,23H,5-6,8,11-12,14H2,1-4H3,(H,21,24,25). The summed E-state index contributed by atoms with van der Waals surface area (Å²) in [5.74, 6) is -0.338. The van der Waals surface area contributed by atoms with Crippen molar-refractivity contribution in [3.8, 4) is 5.75 Å². The Bertz CT molecular complexity index is 638. The van der Waals surface area contributed by atoms with Crippen LogP contribution in [0.2, 0.25) is 0 Å². The van der Waals surface area contributed by atoms with E-state index in [1.807, 2.05) is 19.9 Å². The summed E-state index contributed by atoms with van der Waals surface area (Å²) in [6.07, 6.45) is 1.78. The quantitative estimate of drug-likeness (QED) is 0.745. The summed E-state index contributed by atoms with van der Waals surface area (Å²) >= 11 is 0. The second kappa shape index (κ2) is 7.56. The zero-order valence-corrected chi connectivity index (χ0v) is 15.8. The smallest absolute Gasteiger partial charge is 0.237 e. The minimum atomic E-state index is -0.827. The summed E-state index contributed by atoms with van der Waals surface area (Å²) in [5.41, 5.74) is -0.571. The molecule has 138 valence electrons. The van der Waals surface area contributed by atoms with Crippen molar-refractivity contribution in [3.05, 3.63) is 29.8 Å². The van der Waals surface area contributed by atoms with Crippen molar-refractivity contribution < 1.29 is 14.7 Å². The molecule has 0 aromatic heterocycles. The van der Waals surface area contributed by atoms with E-state index in [0.717, 1.165) is 31.6 Å². The van der Waals surface area contributed by atoms with Crippen LogP contribution in [0.25, 0.3) is 0 Å². The lowest BCUT2D eigenvalue weighted by molar-refractivity contribution is -0.145. The highest BCUT2D eigenvalue weighted by molar-refractivity contribution is 6.04. The summed E-state index contributed by atoms with van der Waals surface area (Å²) < 4.78 is 0. The second-order valence-electron chi connectivity index (χ2n) is 7.52. The predicted octanol–water partition coefficient (Wildman–Crippen LogP) is 2.82. The first kappa shape index (κ1) is 19.4. The SMILES string of the molecule is CCN(CC)CCCC1(c2cccc(O)c2)C(=O)NC(=O)CC1(C)C. The number of amides is 2. The maximum atomic E-state index is 13.0. The third-order valence-corrected chi connectivity index (χ3v) is 5.66. The van der Waals surface area contributed by atoms with Gasteiger partial charge in [0.15, 0.2) is 0 Å². The zero-order valence-electron chi connectivity index (χ0n) is 15.8. The predicted molar refractivity (Wildman–Crippen MR) is 98.4 cm³/mol. The van der Waals surface area contributed by atoms with Crippen LogP contribution in [-0.2, 0) is 15.0 Å². The van der Waals surface area contributed by atoms with Crippen LogP contribution >= 0.6 is 0 Å². The van der Waals surface area contributed by atoms with Crippen LogP contribution in [0.3, 0.4) is 0 Å². The van der Waals surface area contributed by atoms with Crippen molar-refractivity contribution in [2.45, 2.75) is 52.4 Å². The Labute approximate surface area is 150 Å². The minimum Gasteiger partial charge on any atom is -0.508 e. The first-order valence-electron chi connectivity index (χ1n) is 9.13. The van der Waals surface area contributed by atoms with E-state index in [-0.39, 0.29) is 17.6 Å². The second-order valence-corrected chi connectivity index (χ2v) is 7.52. The summed E-state index contributed by atoms with van der Waals surface area (Å²) in [7, 11) is 0. The molecule has 5 heteroatoms. The van der Waals surface area contributed by atoms with Crippen LogP contribution in [0.4, 0.5) is 0 Å². The van der Waals surface area contributed by atoms with Gasteiger partial charge >= 0.3 is 0 Å². The molecule has 0 aliphatic carbocycles. The lowest BCUT2D eigenvalue weighted by Crippen LogP contribution is -2.61. The molecule has 1 fully saturated rings. The first-order valence-corrected chi connectivity index (χ1v) is 9.13. The van der Waals surface area contributed by atoms with E-state index in [1.165, 1.54) is 0 Å². The molecule has 0 radical (unpaired) electrons. The molecule has 2 N–H and O–H groups in total. The topological polar surface area (TPSA) is 69.6 Å². The van der Waals surface area contributed by atoms with E-state index in [0.29, 0.717) is 12.8 Å². The molecular formula is C20H30N2O3. The number of hydrogen-bond donors (Lipinski definition) is 2. The molecule has 0 saturated carbocycles. The van der Waals surface area contributed by atoms with Crippen molar-refractivity contribution in [3.63, 3.8) is 0 Å². The van der Waals surface area contributed by atoms with Gasteiger partial charge in [0.25, 0.3) is 0 Å². The fraction of sp³-hybridized carbons (Fsp3) is 0.600. The Morgan fingerprint density at radius 1 is 1.20 bits per heavy atom. The van der Waals surface area contributed by atoms with Crippen LogP contribution in [0.1, 0.15) is 52.5 Å². The number of nitrogens with zero attached hydrogens (tertiary/aromatic N) is 1. The zero-order chi connectivity index (χ0) is 18.7. The maximum Gasteiger partial charge on any atom is 0.237 e. The normalized spacial score (nSPS) is 22.9. The Hall–Kier alpha value is -1.88. The highest BCUT2D eigenvalue weighted by atomic mass is 16.3. The van der Waals surface area contributed by atoms with Crippen LogP contribution in [0, 0.1) is 5.41 Å². The van der Waals surface area contributed by atoms with Gasteiger partial charge in [0, 0.05) is 6.42 Å². The molecule has 5 nitrogen and oxygen atoms in total. The molecule has 2 amide bonds. The van der Waals surface area contributed by atoms with Gasteiger partial charge in [-0.05, 0) is 55.6 Å². The van der Waals surface area contributed by atoms with E-state index in [1.54, 1.807) is 18.2 Å². The number of phenols is 1. The minimum absolute atomic E-state index is 0.140. The Kier molecular flexibility index (Phi) is 5.88. The largest absolute Gasteiger partial charge is 0.508 e. The molecule has 1 saturated heterocycles. The number of benzene rings is 1. The van der Waals surface area contributed by atoms with Crippen molar-refractivity contribution in [1.82, 2.24) is 10.2 Å². The average molecular weight is 346 g/mol. The molecule has 1 heterocycles. The van der Waals surface area contributed by atoms with Crippen LogP contribution in [-0.4, -0.2) is 41.5 Å². The van der Waals surface area contributed by atoms with Gasteiger partial charge in [0.1, 0.15) is 5.75 Å². The highest BCUT2D eigenvalue weighted by Gasteiger charge is 2.55. The van der Waals surface area contributed by atoms with E-state index in [9.17, 15) is 14.7 Å². The van der Waals surface area contributed by atoms with E-state index < -0.39 is 10.8 Å². The molecule has 25 heavy (non-hydrogen) atoms. The molecule has 1 aliphatic rings. The number of nitrogens with one attached hydrogen (secondary N) is 1. The van der Waals surface area contributed by atoms with Gasteiger partial charge in [-0.15, -0.1) is 0 Å². The summed E-state index contributed by atoms with van der Waals surface area (Å²) in [6.45, 7) is 11.1. The van der Waals surface area contributed by atoms with Crippen LogP contribution < -0.4 is 5.32 Å². The molecule has 1 aromatic rings. The molecule has 1 unspecified atom stereocenters. The van der Waals surface area contributed by atoms with Crippen molar-refractivity contribution in [1.29, 1.82) is 0 Å². The molecule has 0 bridgehead atoms. The molecular weight excluding hydrogens is 316 g/mol. The van der Waals surface area contributed by atoms with Gasteiger partial charge in [-0.25, -0.2) is 0 Å². The Morgan fingerprint density at radius 3 is 2.44 bits per heavy atom. The molecule has 2 rings (SSSR count). The van der Waals surface area contributed by atoms with Crippen molar-refractivity contribution in [2.24, 2.45) is 5.41 Å². The van der Waals surface area contributed by atoms with Gasteiger partial charge in [0.2, 0.25) is 11.8 Å². The number of imide groups is 1. The lowest BCUT2D eigenvalue weighted by atomic mass is 9.56. The van der Waals surface area contributed by atoms with Crippen LogP contribution in [0.15, 0.2) is 24.3 Å². The number of hydrogen-bond acceptors (Lipinski definition) is 4. The lowest BCUT2D eigenvalue weighted by Gasteiger charge is -2.48. The van der Waals surface area contributed by atoms with Crippen LogP contribution in [0.5, 0.6) is 5.75 Å². The fourth-order valence-corrected chi connectivity index (χ4v) is 4.13. The molecule has 1 aliphatic heterocycles. The monoisotopic (exact) mass is 346 g/mol. The fourth-order valence-electron chi connectivity index (χ4n) is 4.13. The number of aromatic hydroxyl groups is 1. The van der Waals surface area contributed by atoms with E-state index in [4.69, 9.17) is 0 Å². The van der Waals surface area contributed by atoms with Gasteiger partial charge < -0.3 is 10.0 Å². The number of piperidine rings is 1. The van der Waals surface area contributed by atoms with E-state index in [2.05, 4.69) is 24.1 Å². The molecule has 1 atom stereocenters. The Balaban J connectivity index is 2.41. The first-order chi connectivity index (χ1) is 11.8. The number of carbonyl (C=O) groups excluding carboxylic acids is 2. The number of carbonyl (C=O) groups is 2. The molecule has 0 spiro atoms. The van der Waals surface area contributed by atoms with Gasteiger partial charge in [-0.3, -0.25) is 14.9 Å².